The normalized spacial score (nSPS) is 13.1. The molecule has 0 saturated carbocycles. The van der Waals surface area contributed by atoms with Crippen molar-refractivity contribution in [1.29, 1.82) is 0 Å². The number of anilines is 3. The summed E-state index contributed by atoms with van der Waals surface area (Å²) in [6, 6.07) is 63.0. The van der Waals surface area contributed by atoms with E-state index in [0.29, 0.717) is 0 Å². The number of nitrogens with zero attached hydrogens (tertiary/aromatic N) is 1. The smallest absolute Gasteiger partial charge is 0.136 e. The van der Waals surface area contributed by atoms with Crippen molar-refractivity contribution in [3.05, 3.63) is 187 Å². The Hall–Kier alpha value is -6.84. The second-order valence-electron chi connectivity index (χ2n) is 14.9. The van der Waals surface area contributed by atoms with Crippen molar-refractivity contribution in [2.75, 3.05) is 4.90 Å². The summed E-state index contributed by atoms with van der Waals surface area (Å²) < 4.78 is 13.1. The van der Waals surface area contributed by atoms with E-state index < -0.39 is 0 Å². The lowest BCUT2D eigenvalue weighted by atomic mass is 9.82. The Morgan fingerprint density at radius 1 is 0.370 bits per heavy atom. The first-order chi connectivity index (χ1) is 26.5. The first kappa shape index (κ1) is 30.8. The van der Waals surface area contributed by atoms with Crippen LogP contribution in [0.5, 0.6) is 0 Å². The summed E-state index contributed by atoms with van der Waals surface area (Å²) in [7, 11) is 0. The van der Waals surface area contributed by atoms with Crippen LogP contribution in [0.1, 0.15) is 25.0 Å². The first-order valence-corrected chi connectivity index (χ1v) is 18.6. The first-order valence-electron chi connectivity index (χ1n) is 18.6. The number of rotatable bonds is 5. The molecule has 1 aliphatic rings. The van der Waals surface area contributed by atoms with Gasteiger partial charge in [0, 0.05) is 43.9 Å². The van der Waals surface area contributed by atoms with E-state index in [-0.39, 0.29) is 5.41 Å². The van der Waals surface area contributed by atoms with Gasteiger partial charge in [0.05, 0.1) is 5.69 Å². The van der Waals surface area contributed by atoms with Crippen molar-refractivity contribution < 1.29 is 8.83 Å². The summed E-state index contributed by atoms with van der Waals surface area (Å²) in [4.78, 5) is 2.41. The Bertz CT molecular complexity index is 3080. The number of hydrogen-bond acceptors (Lipinski definition) is 3. The number of furan rings is 2. The standard InChI is InChI=1S/C51H35NO2/c1-51(2)44-19-11-9-18-38(44)39-25-22-36(29-45(39)51)52(46-20-12-10-17-37(46)33-15-7-4-8-16-33)35-23-26-47-41(28-35)43-31-49-42(30-50(43)53-47)40-24-21-34(27-48(40)54-49)32-13-5-3-6-14-32/h3-31H,1-2H3. The molecule has 256 valence electrons. The zero-order valence-electron chi connectivity index (χ0n) is 30.0. The molecule has 3 nitrogen and oxygen atoms in total. The summed E-state index contributed by atoms with van der Waals surface area (Å²) in [5.74, 6) is 0. The molecular formula is C51H35NO2. The van der Waals surface area contributed by atoms with Gasteiger partial charge in [-0.1, -0.05) is 129 Å². The molecule has 11 rings (SSSR count). The zero-order chi connectivity index (χ0) is 36.0. The van der Waals surface area contributed by atoms with E-state index in [1.54, 1.807) is 0 Å². The lowest BCUT2D eigenvalue weighted by Crippen LogP contribution is -2.16. The van der Waals surface area contributed by atoms with Crippen LogP contribution in [-0.4, -0.2) is 0 Å². The molecule has 0 fully saturated rings. The largest absolute Gasteiger partial charge is 0.456 e. The molecule has 1 aliphatic carbocycles. The maximum Gasteiger partial charge on any atom is 0.136 e. The Labute approximate surface area is 313 Å². The van der Waals surface area contributed by atoms with Crippen molar-refractivity contribution >= 4 is 60.9 Å². The molecule has 54 heavy (non-hydrogen) atoms. The van der Waals surface area contributed by atoms with Crippen LogP contribution in [0.4, 0.5) is 17.1 Å². The summed E-state index contributed by atoms with van der Waals surface area (Å²) in [5, 5.41) is 4.21. The molecule has 8 aromatic carbocycles. The third-order valence-corrected chi connectivity index (χ3v) is 11.5. The summed E-state index contributed by atoms with van der Waals surface area (Å²) >= 11 is 0. The molecule has 0 unspecified atom stereocenters. The minimum atomic E-state index is -0.128. The third kappa shape index (κ3) is 4.61. The number of benzene rings is 8. The van der Waals surface area contributed by atoms with Crippen LogP contribution in [-0.2, 0) is 5.41 Å². The Kier molecular flexibility index (Phi) is 6.60. The van der Waals surface area contributed by atoms with Gasteiger partial charge in [-0.05, 0) is 99.6 Å². The number of fused-ring (bicyclic) bond motifs is 9. The van der Waals surface area contributed by atoms with Gasteiger partial charge in [-0.25, -0.2) is 0 Å². The highest BCUT2D eigenvalue weighted by Crippen LogP contribution is 2.51. The van der Waals surface area contributed by atoms with Crippen LogP contribution in [0.25, 0.3) is 77.3 Å². The average molecular weight is 694 g/mol. The highest BCUT2D eigenvalue weighted by Gasteiger charge is 2.36. The molecule has 3 heteroatoms. The van der Waals surface area contributed by atoms with E-state index in [2.05, 4.69) is 189 Å². The number of hydrogen-bond donors (Lipinski definition) is 0. The number of para-hydroxylation sites is 1. The molecule has 0 aliphatic heterocycles. The molecule has 0 N–H and O–H groups in total. The monoisotopic (exact) mass is 693 g/mol. The van der Waals surface area contributed by atoms with E-state index in [0.717, 1.165) is 72.1 Å². The molecule has 0 spiro atoms. The van der Waals surface area contributed by atoms with Gasteiger partial charge >= 0.3 is 0 Å². The molecule has 10 aromatic rings. The van der Waals surface area contributed by atoms with Gasteiger partial charge in [0.2, 0.25) is 0 Å². The third-order valence-electron chi connectivity index (χ3n) is 11.5. The predicted octanol–water partition coefficient (Wildman–Crippen LogP) is 14.6. The highest BCUT2D eigenvalue weighted by molar-refractivity contribution is 6.15. The minimum Gasteiger partial charge on any atom is -0.456 e. The molecule has 0 bridgehead atoms. The van der Waals surface area contributed by atoms with Crippen LogP contribution in [0.2, 0.25) is 0 Å². The maximum absolute atomic E-state index is 6.57. The lowest BCUT2D eigenvalue weighted by Gasteiger charge is -2.30. The molecule has 0 saturated heterocycles. The lowest BCUT2D eigenvalue weighted by molar-refractivity contribution is 0.660. The van der Waals surface area contributed by atoms with E-state index in [1.165, 1.54) is 33.4 Å². The van der Waals surface area contributed by atoms with Gasteiger partial charge in [0.1, 0.15) is 22.3 Å². The van der Waals surface area contributed by atoms with Crippen molar-refractivity contribution in [1.82, 2.24) is 0 Å². The van der Waals surface area contributed by atoms with Crippen molar-refractivity contribution in [2.24, 2.45) is 0 Å². The van der Waals surface area contributed by atoms with Crippen molar-refractivity contribution in [3.63, 3.8) is 0 Å². The molecule has 0 amide bonds. The highest BCUT2D eigenvalue weighted by atomic mass is 16.3. The minimum absolute atomic E-state index is 0.128. The van der Waals surface area contributed by atoms with E-state index in [1.807, 2.05) is 6.07 Å². The zero-order valence-corrected chi connectivity index (χ0v) is 30.0. The van der Waals surface area contributed by atoms with Gasteiger partial charge < -0.3 is 13.7 Å². The summed E-state index contributed by atoms with van der Waals surface area (Å²) in [5.41, 5.74) is 16.5. The predicted molar refractivity (Wildman–Crippen MR) is 224 cm³/mol. The second-order valence-corrected chi connectivity index (χ2v) is 14.9. The Balaban J connectivity index is 1.10. The molecule has 2 aromatic heterocycles. The fraction of sp³-hybridized carbons (Fsp3) is 0.0588. The van der Waals surface area contributed by atoms with Crippen LogP contribution in [0.15, 0.2) is 185 Å². The molecule has 0 radical (unpaired) electrons. The van der Waals surface area contributed by atoms with Gasteiger partial charge in [0.15, 0.2) is 0 Å². The summed E-state index contributed by atoms with van der Waals surface area (Å²) in [6.07, 6.45) is 0. The van der Waals surface area contributed by atoms with E-state index >= 15 is 0 Å². The maximum atomic E-state index is 6.57. The van der Waals surface area contributed by atoms with Gasteiger partial charge in [0.25, 0.3) is 0 Å². The Morgan fingerprint density at radius 2 is 0.944 bits per heavy atom. The molecular weight excluding hydrogens is 659 g/mol. The topological polar surface area (TPSA) is 29.5 Å². The Morgan fingerprint density at radius 3 is 1.74 bits per heavy atom. The van der Waals surface area contributed by atoms with Crippen LogP contribution < -0.4 is 4.90 Å². The van der Waals surface area contributed by atoms with E-state index in [4.69, 9.17) is 8.83 Å². The van der Waals surface area contributed by atoms with Crippen LogP contribution in [0.3, 0.4) is 0 Å². The van der Waals surface area contributed by atoms with Gasteiger partial charge in [-0.15, -0.1) is 0 Å². The average Bonchev–Trinajstić information content (AvgIpc) is 3.84. The van der Waals surface area contributed by atoms with Crippen LogP contribution >= 0.6 is 0 Å². The van der Waals surface area contributed by atoms with Crippen molar-refractivity contribution in [2.45, 2.75) is 19.3 Å². The van der Waals surface area contributed by atoms with Gasteiger partial charge in [-0.3, -0.25) is 0 Å². The summed E-state index contributed by atoms with van der Waals surface area (Å²) in [6.45, 7) is 4.68. The molecule has 0 atom stereocenters. The van der Waals surface area contributed by atoms with Crippen molar-refractivity contribution in [3.8, 4) is 33.4 Å². The fourth-order valence-corrected chi connectivity index (χ4v) is 8.77. The SMILES string of the molecule is CC1(C)c2ccccc2-c2ccc(N(c3ccc4oc5cc6c(cc5c4c3)oc3cc(-c4ccccc4)ccc36)c3ccccc3-c3ccccc3)cc21. The fourth-order valence-electron chi connectivity index (χ4n) is 8.77. The van der Waals surface area contributed by atoms with Crippen LogP contribution in [0, 0.1) is 0 Å². The molecule has 2 heterocycles. The second kappa shape index (κ2) is 11.6. The van der Waals surface area contributed by atoms with Gasteiger partial charge in [-0.2, -0.15) is 0 Å². The quantitative estimate of drug-likeness (QED) is 0.180. The van der Waals surface area contributed by atoms with E-state index in [9.17, 15) is 0 Å².